The number of ether oxygens (including phenoxy) is 2. The van der Waals surface area contributed by atoms with Gasteiger partial charge < -0.3 is 14.8 Å². The van der Waals surface area contributed by atoms with Gasteiger partial charge in [0, 0.05) is 13.0 Å². The van der Waals surface area contributed by atoms with Crippen molar-refractivity contribution in [3.05, 3.63) is 51.4 Å². The maximum atomic E-state index is 12.4. The number of aryl methyl sites for hydroxylation is 2. The van der Waals surface area contributed by atoms with Crippen LogP contribution in [0.4, 0.5) is 0 Å². The fourth-order valence-corrected chi connectivity index (χ4v) is 3.85. The Kier molecular flexibility index (Phi) is 5.99. The maximum Gasteiger partial charge on any atom is 0.262 e. The van der Waals surface area contributed by atoms with Gasteiger partial charge in [-0.2, -0.15) is 0 Å². The summed E-state index contributed by atoms with van der Waals surface area (Å²) in [6.45, 7) is 4.15. The van der Waals surface area contributed by atoms with Crippen LogP contribution in [-0.4, -0.2) is 29.7 Å². The lowest BCUT2D eigenvalue weighted by molar-refractivity contribution is -0.121. The molecule has 0 saturated heterocycles. The number of nitrogens with one attached hydrogen (secondary N) is 1. The Morgan fingerprint density at radius 3 is 2.71 bits per heavy atom. The molecule has 0 aliphatic heterocycles. The molecule has 1 unspecified atom stereocenters. The van der Waals surface area contributed by atoms with Gasteiger partial charge in [-0.1, -0.05) is 0 Å². The van der Waals surface area contributed by atoms with Crippen LogP contribution in [0.15, 0.2) is 34.7 Å². The van der Waals surface area contributed by atoms with Crippen molar-refractivity contribution < 1.29 is 14.3 Å². The molecule has 7 nitrogen and oxygen atoms in total. The van der Waals surface area contributed by atoms with Gasteiger partial charge in [0.25, 0.3) is 5.56 Å². The topological polar surface area (TPSA) is 82.5 Å². The molecule has 0 aliphatic rings. The number of fused-ring (bicyclic) bond motifs is 1. The molecule has 148 valence electrons. The lowest BCUT2D eigenvalue weighted by atomic mass is 10.0. The third kappa shape index (κ3) is 4.01. The summed E-state index contributed by atoms with van der Waals surface area (Å²) in [5, 5.41) is 5.40. The predicted octanol–water partition coefficient (Wildman–Crippen LogP) is 3.05. The summed E-state index contributed by atoms with van der Waals surface area (Å²) in [5.41, 5.74) is 1.82. The van der Waals surface area contributed by atoms with Gasteiger partial charge in [0.15, 0.2) is 11.5 Å². The van der Waals surface area contributed by atoms with E-state index in [0.717, 1.165) is 11.1 Å². The normalized spacial score (nSPS) is 12.0. The van der Waals surface area contributed by atoms with Crippen molar-refractivity contribution in [2.24, 2.45) is 0 Å². The monoisotopic (exact) mass is 401 g/mol. The van der Waals surface area contributed by atoms with Crippen LogP contribution in [0.25, 0.3) is 10.2 Å². The van der Waals surface area contributed by atoms with Gasteiger partial charge in [-0.3, -0.25) is 14.2 Å². The lowest BCUT2D eigenvalue weighted by Gasteiger charge is -2.19. The average Bonchev–Trinajstić information content (AvgIpc) is 3.16. The SMILES string of the molecule is COc1cc(C)c(C(C)NC(=O)CCn2cnc3sccc3c2=O)cc1OC. The predicted molar refractivity (Wildman–Crippen MR) is 109 cm³/mol. The Morgan fingerprint density at radius 1 is 1.29 bits per heavy atom. The van der Waals surface area contributed by atoms with E-state index in [0.29, 0.717) is 21.7 Å². The molecule has 3 aromatic rings. The van der Waals surface area contributed by atoms with E-state index in [1.54, 1.807) is 20.3 Å². The number of hydrogen-bond donors (Lipinski definition) is 1. The quantitative estimate of drug-likeness (QED) is 0.658. The van der Waals surface area contributed by atoms with Crippen molar-refractivity contribution in [1.29, 1.82) is 0 Å². The largest absolute Gasteiger partial charge is 0.493 e. The number of thiophene rings is 1. The van der Waals surface area contributed by atoms with Crippen LogP contribution >= 0.6 is 11.3 Å². The summed E-state index contributed by atoms with van der Waals surface area (Å²) in [5.74, 6) is 1.13. The number of carbonyl (C=O) groups excluding carboxylic acids is 1. The molecule has 0 bridgehead atoms. The first-order valence-electron chi connectivity index (χ1n) is 8.89. The Morgan fingerprint density at radius 2 is 2.00 bits per heavy atom. The highest BCUT2D eigenvalue weighted by molar-refractivity contribution is 7.16. The number of hydrogen-bond acceptors (Lipinski definition) is 6. The van der Waals surface area contributed by atoms with Crippen LogP contribution in [0, 0.1) is 6.92 Å². The van der Waals surface area contributed by atoms with Gasteiger partial charge in [-0.25, -0.2) is 4.98 Å². The Labute approximate surface area is 166 Å². The van der Waals surface area contributed by atoms with Crippen LogP contribution in [-0.2, 0) is 11.3 Å². The molecule has 0 radical (unpaired) electrons. The van der Waals surface area contributed by atoms with E-state index in [9.17, 15) is 9.59 Å². The van der Waals surface area contributed by atoms with Crippen molar-refractivity contribution in [1.82, 2.24) is 14.9 Å². The summed E-state index contributed by atoms with van der Waals surface area (Å²) in [6.07, 6.45) is 1.68. The fraction of sp³-hybridized carbons (Fsp3) is 0.350. The molecule has 3 rings (SSSR count). The minimum Gasteiger partial charge on any atom is -0.493 e. The zero-order chi connectivity index (χ0) is 20.3. The van der Waals surface area contributed by atoms with Crippen LogP contribution in [0.3, 0.4) is 0 Å². The number of benzene rings is 1. The van der Waals surface area contributed by atoms with E-state index in [1.807, 2.05) is 31.4 Å². The van der Waals surface area contributed by atoms with Crippen molar-refractivity contribution in [2.75, 3.05) is 14.2 Å². The highest BCUT2D eigenvalue weighted by Gasteiger charge is 2.16. The first-order chi connectivity index (χ1) is 13.4. The molecular formula is C20H23N3O4S. The number of amides is 1. The van der Waals surface area contributed by atoms with E-state index in [1.165, 1.54) is 22.2 Å². The summed E-state index contributed by atoms with van der Waals surface area (Å²) >= 11 is 1.42. The highest BCUT2D eigenvalue weighted by atomic mass is 32.1. The standard InChI is InChI=1S/C20H23N3O4S/c1-12-9-16(26-3)17(27-4)10-15(12)13(2)22-18(24)5-7-23-11-21-19-14(20(23)25)6-8-28-19/h6,8-11,13H,5,7H2,1-4H3,(H,22,24). The number of carbonyl (C=O) groups is 1. The Hall–Kier alpha value is -2.87. The van der Waals surface area contributed by atoms with Gasteiger partial charge in [-0.05, 0) is 48.6 Å². The molecule has 1 amide bonds. The van der Waals surface area contributed by atoms with Crippen molar-refractivity contribution in [3.8, 4) is 11.5 Å². The van der Waals surface area contributed by atoms with Gasteiger partial charge >= 0.3 is 0 Å². The van der Waals surface area contributed by atoms with Gasteiger partial charge in [0.05, 0.1) is 32.0 Å². The summed E-state index contributed by atoms with van der Waals surface area (Å²) in [4.78, 5) is 29.8. The number of nitrogens with zero attached hydrogens (tertiary/aromatic N) is 2. The van der Waals surface area contributed by atoms with E-state index >= 15 is 0 Å². The number of aromatic nitrogens is 2. The molecule has 2 heterocycles. The molecule has 0 saturated carbocycles. The smallest absolute Gasteiger partial charge is 0.262 e. The minimum atomic E-state index is -0.207. The molecule has 2 aromatic heterocycles. The summed E-state index contributed by atoms with van der Waals surface area (Å²) in [6, 6.07) is 5.31. The summed E-state index contributed by atoms with van der Waals surface area (Å²) < 4.78 is 12.1. The van der Waals surface area contributed by atoms with E-state index in [4.69, 9.17) is 9.47 Å². The van der Waals surface area contributed by atoms with Crippen LogP contribution in [0.2, 0.25) is 0 Å². The molecular weight excluding hydrogens is 378 g/mol. The van der Waals surface area contributed by atoms with Gasteiger partial charge in [-0.15, -0.1) is 11.3 Å². The maximum absolute atomic E-state index is 12.4. The van der Waals surface area contributed by atoms with Crippen molar-refractivity contribution in [2.45, 2.75) is 32.9 Å². The highest BCUT2D eigenvalue weighted by Crippen LogP contribution is 2.32. The van der Waals surface area contributed by atoms with Crippen LogP contribution < -0.4 is 20.3 Å². The second-order valence-corrected chi connectivity index (χ2v) is 7.38. The molecule has 1 aromatic carbocycles. The van der Waals surface area contributed by atoms with E-state index in [-0.39, 0.29) is 30.5 Å². The van der Waals surface area contributed by atoms with Crippen molar-refractivity contribution in [3.63, 3.8) is 0 Å². The molecule has 0 fully saturated rings. The summed E-state index contributed by atoms with van der Waals surface area (Å²) in [7, 11) is 3.17. The zero-order valence-electron chi connectivity index (χ0n) is 16.3. The fourth-order valence-electron chi connectivity index (χ4n) is 3.13. The second-order valence-electron chi connectivity index (χ2n) is 6.49. The molecule has 1 atom stereocenters. The van der Waals surface area contributed by atoms with Gasteiger partial charge in [0.2, 0.25) is 5.91 Å². The first kappa shape index (κ1) is 19.9. The van der Waals surface area contributed by atoms with E-state index in [2.05, 4.69) is 10.3 Å². The lowest BCUT2D eigenvalue weighted by Crippen LogP contribution is -2.29. The van der Waals surface area contributed by atoms with E-state index < -0.39 is 0 Å². The second kappa shape index (κ2) is 8.43. The third-order valence-corrected chi connectivity index (χ3v) is 5.47. The first-order valence-corrected chi connectivity index (χ1v) is 9.77. The Bertz CT molecular complexity index is 1060. The molecule has 28 heavy (non-hydrogen) atoms. The molecule has 0 spiro atoms. The zero-order valence-corrected chi connectivity index (χ0v) is 17.1. The Balaban J connectivity index is 1.67. The van der Waals surface area contributed by atoms with Crippen molar-refractivity contribution >= 4 is 27.5 Å². The number of methoxy groups -OCH3 is 2. The molecule has 0 aliphatic carbocycles. The third-order valence-electron chi connectivity index (χ3n) is 4.65. The molecule has 1 N–H and O–H groups in total. The van der Waals surface area contributed by atoms with Gasteiger partial charge in [0.1, 0.15) is 4.83 Å². The molecule has 8 heteroatoms. The van der Waals surface area contributed by atoms with Crippen LogP contribution in [0.1, 0.15) is 30.5 Å². The minimum absolute atomic E-state index is 0.122. The van der Waals surface area contributed by atoms with Crippen LogP contribution in [0.5, 0.6) is 11.5 Å². The number of rotatable bonds is 7. The average molecular weight is 401 g/mol.